The fourth-order valence-corrected chi connectivity index (χ4v) is 8.37. The van der Waals surface area contributed by atoms with Crippen LogP contribution in [0.1, 0.15) is 47.0 Å². The van der Waals surface area contributed by atoms with E-state index in [0.717, 1.165) is 41.5 Å². The lowest BCUT2D eigenvalue weighted by atomic mass is 10.0. The van der Waals surface area contributed by atoms with E-state index in [-0.39, 0.29) is 51.5 Å². The van der Waals surface area contributed by atoms with E-state index >= 15 is 4.39 Å². The summed E-state index contributed by atoms with van der Waals surface area (Å²) in [7, 11) is 0. The number of thiazole rings is 1. The van der Waals surface area contributed by atoms with Crippen molar-refractivity contribution in [3.8, 4) is 11.1 Å². The third-order valence-corrected chi connectivity index (χ3v) is 11.3. The monoisotopic (exact) mass is 697 g/mol. The zero-order valence-corrected chi connectivity index (χ0v) is 25.9. The van der Waals surface area contributed by atoms with E-state index in [2.05, 4.69) is 22.8 Å². The summed E-state index contributed by atoms with van der Waals surface area (Å²) in [6.45, 7) is 1.49. The Kier molecular flexibility index (Phi) is 8.80. The maximum absolute atomic E-state index is 15.3. The van der Waals surface area contributed by atoms with Crippen LogP contribution in [0.3, 0.4) is 0 Å². The number of carbonyl (C=O) groups excluding carboxylic acids is 3. The first-order valence-corrected chi connectivity index (χ1v) is 17.6. The van der Waals surface area contributed by atoms with Gasteiger partial charge in [-0.15, -0.1) is 11.3 Å². The number of likely N-dealkylation sites (tertiary alicyclic amines) is 1. The van der Waals surface area contributed by atoms with Gasteiger partial charge in [0.1, 0.15) is 10.8 Å². The average molecular weight is 698 g/mol. The molecule has 3 amide bonds. The molecule has 1 unspecified atom stereocenters. The van der Waals surface area contributed by atoms with Crippen molar-refractivity contribution in [2.45, 2.75) is 37.6 Å². The number of aromatic nitrogens is 1. The number of fused-ring (bicyclic) bond motifs is 1. The van der Waals surface area contributed by atoms with Crippen molar-refractivity contribution in [3.05, 3.63) is 86.7 Å². The van der Waals surface area contributed by atoms with Crippen LogP contribution >= 0.6 is 11.3 Å². The summed E-state index contributed by atoms with van der Waals surface area (Å²) in [5.41, 5.74) is 2.20. The number of rotatable bonds is 11. The molecule has 3 aromatic carbocycles. The highest BCUT2D eigenvalue weighted by atomic mass is 127. The van der Waals surface area contributed by atoms with Crippen molar-refractivity contribution in [1.82, 2.24) is 20.5 Å². The second-order valence-electron chi connectivity index (χ2n) is 10.6. The van der Waals surface area contributed by atoms with E-state index in [1.165, 1.54) is 21.0 Å². The minimum Gasteiger partial charge on any atom is -0.352 e. The molecule has 2 aliphatic rings. The van der Waals surface area contributed by atoms with E-state index in [9.17, 15) is 14.4 Å². The molecule has 0 radical (unpaired) electrons. The second kappa shape index (κ2) is 12.9. The Morgan fingerprint density at radius 1 is 1.05 bits per heavy atom. The Morgan fingerprint density at radius 3 is 2.50 bits per heavy atom. The SMILES string of the molecule is O=C(CNC(=O)C(CC[I+]c1ccccc1)c1nc2cc(F)c(-c3ccc(C(=O)N4CCC4)cc3)cc2s1)NC1CC1. The molecular weight excluding hydrogens is 666 g/mol. The molecule has 216 valence electrons. The van der Waals surface area contributed by atoms with Gasteiger partial charge in [0.05, 0.1) is 22.7 Å². The fraction of sp³-hybridized carbons (Fsp3) is 0.312. The van der Waals surface area contributed by atoms with Crippen LogP contribution in [0, 0.1) is 9.39 Å². The minimum atomic E-state index is -0.530. The van der Waals surface area contributed by atoms with Crippen LogP contribution in [0.5, 0.6) is 0 Å². The first-order valence-electron chi connectivity index (χ1n) is 14.2. The molecule has 0 spiro atoms. The zero-order chi connectivity index (χ0) is 29.1. The van der Waals surface area contributed by atoms with Gasteiger partial charge in [0, 0.05) is 42.7 Å². The first kappa shape index (κ1) is 28.7. The molecule has 4 aromatic rings. The Labute approximate surface area is 258 Å². The molecule has 1 aromatic heterocycles. The zero-order valence-electron chi connectivity index (χ0n) is 22.9. The highest BCUT2D eigenvalue weighted by molar-refractivity contribution is 7.18. The van der Waals surface area contributed by atoms with Gasteiger partial charge < -0.3 is 15.5 Å². The predicted octanol–water partition coefficient (Wildman–Crippen LogP) is 1.78. The van der Waals surface area contributed by atoms with E-state index in [0.29, 0.717) is 33.6 Å². The molecule has 7 nitrogen and oxygen atoms in total. The van der Waals surface area contributed by atoms with Crippen molar-refractivity contribution in [2.75, 3.05) is 24.1 Å². The lowest BCUT2D eigenvalue weighted by Gasteiger charge is -2.30. The maximum Gasteiger partial charge on any atom is 0.313 e. The normalized spacial score (nSPS) is 15.2. The highest BCUT2D eigenvalue weighted by Gasteiger charge is 2.29. The van der Waals surface area contributed by atoms with Crippen LogP contribution in [0.15, 0.2) is 66.7 Å². The quantitative estimate of drug-likeness (QED) is 0.185. The molecule has 2 heterocycles. The first-order chi connectivity index (χ1) is 20.4. The van der Waals surface area contributed by atoms with Gasteiger partial charge in [-0.1, -0.05) is 30.3 Å². The predicted molar refractivity (Wildman–Crippen MR) is 157 cm³/mol. The van der Waals surface area contributed by atoms with Crippen LogP contribution in [0.25, 0.3) is 21.3 Å². The number of halogens is 2. The van der Waals surface area contributed by atoms with Crippen molar-refractivity contribution in [3.63, 3.8) is 0 Å². The van der Waals surface area contributed by atoms with E-state index in [4.69, 9.17) is 4.98 Å². The number of hydrogen-bond acceptors (Lipinski definition) is 5. The van der Waals surface area contributed by atoms with Gasteiger partial charge in [0.15, 0.2) is 8.00 Å². The van der Waals surface area contributed by atoms with Gasteiger partial charge in [0.2, 0.25) is 11.8 Å². The summed E-state index contributed by atoms with van der Waals surface area (Å²) in [6.07, 6.45) is 3.59. The number of nitrogens with zero attached hydrogens (tertiary/aromatic N) is 2. The molecule has 2 fully saturated rings. The molecule has 6 rings (SSSR count). The third-order valence-electron chi connectivity index (χ3n) is 7.44. The summed E-state index contributed by atoms with van der Waals surface area (Å²) in [4.78, 5) is 44.6. The number of carbonyl (C=O) groups is 3. The molecule has 1 saturated heterocycles. The smallest absolute Gasteiger partial charge is 0.313 e. The van der Waals surface area contributed by atoms with Gasteiger partial charge >= 0.3 is 21.2 Å². The summed E-state index contributed by atoms with van der Waals surface area (Å²) >= 11 is 1.09. The molecule has 2 N–H and O–H groups in total. The van der Waals surface area contributed by atoms with E-state index in [1.54, 1.807) is 35.2 Å². The maximum atomic E-state index is 15.3. The molecule has 10 heteroatoms. The minimum absolute atomic E-state index is 0.000139. The van der Waals surface area contributed by atoms with Crippen molar-refractivity contribution >= 4 is 39.3 Å². The molecule has 1 atom stereocenters. The summed E-state index contributed by atoms with van der Waals surface area (Å²) in [5.74, 6) is -1.36. The summed E-state index contributed by atoms with van der Waals surface area (Å²) < 4.78 is 18.3. The molecule has 1 aliphatic heterocycles. The van der Waals surface area contributed by atoms with E-state index < -0.39 is 11.7 Å². The van der Waals surface area contributed by atoms with Gasteiger partial charge in [-0.05, 0) is 55.2 Å². The van der Waals surface area contributed by atoms with Crippen molar-refractivity contribution in [2.24, 2.45) is 0 Å². The molecule has 42 heavy (non-hydrogen) atoms. The largest absolute Gasteiger partial charge is 0.352 e. The molecule has 1 aliphatic carbocycles. The number of nitrogens with one attached hydrogen (secondary N) is 2. The highest BCUT2D eigenvalue weighted by Crippen LogP contribution is 2.34. The van der Waals surface area contributed by atoms with Gasteiger partial charge in [0.25, 0.3) is 5.91 Å². The van der Waals surface area contributed by atoms with Crippen LogP contribution in [0.2, 0.25) is 0 Å². The Balaban J connectivity index is 1.21. The number of alkyl halides is 1. The Bertz CT molecular complexity index is 1600. The Hall–Kier alpha value is -3.38. The third kappa shape index (κ3) is 6.81. The van der Waals surface area contributed by atoms with Gasteiger partial charge in [-0.25, -0.2) is 9.37 Å². The van der Waals surface area contributed by atoms with Gasteiger partial charge in [-0.2, -0.15) is 0 Å². The van der Waals surface area contributed by atoms with Crippen molar-refractivity contribution < 1.29 is 40.0 Å². The number of hydrogen-bond donors (Lipinski definition) is 2. The standard InChI is InChI=1S/C32H30FIN4O3S/c33-26-18-27-28(17-25(26)20-7-9-21(10-8-20)32(41)38-15-4-16-38)42-31(37-27)24(13-14-34-22-5-2-1-3-6-22)30(40)35-19-29(39)36-23-11-12-23/h1-3,5-10,17-18,23-24H,4,11-16,19H2,(H-,35,36,39,40)/p+1. The van der Waals surface area contributed by atoms with E-state index in [1.807, 2.05) is 18.2 Å². The topological polar surface area (TPSA) is 91.4 Å². The lowest BCUT2D eigenvalue weighted by molar-refractivity contribution is -0.627. The number of amides is 3. The van der Waals surface area contributed by atoms with Crippen molar-refractivity contribution in [1.29, 1.82) is 0 Å². The van der Waals surface area contributed by atoms with Crippen LogP contribution in [0.4, 0.5) is 4.39 Å². The molecular formula is C32H31FIN4O3S+. The second-order valence-corrected chi connectivity index (χ2v) is 14.7. The fourth-order valence-electron chi connectivity index (χ4n) is 4.77. The van der Waals surface area contributed by atoms with Crippen LogP contribution < -0.4 is 31.8 Å². The lowest BCUT2D eigenvalue weighted by Crippen LogP contribution is -3.62. The molecule has 0 bridgehead atoms. The summed E-state index contributed by atoms with van der Waals surface area (Å²) in [6, 6.07) is 20.7. The molecule has 1 saturated carbocycles. The number of benzene rings is 3. The summed E-state index contributed by atoms with van der Waals surface area (Å²) in [5, 5.41) is 6.33. The van der Waals surface area contributed by atoms with Crippen LogP contribution in [-0.2, 0) is 9.59 Å². The van der Waals surface area contributed by atoms with Crippen LogP contribution in [-0.4, -0.2) is 57.7 Å². The van der Waals surface area contributed by atoms with Gasteiger partial charge in [-0.3, -0.25) is 14.4 Å². The Morgan fingerprint density at radius 2 is 1.81 bits per heavy atom. The average Bonchev–Trinajstić information content (AvgIpc) is 3.69.